The van der Waals surface area contributed by atoms with Crippen molar-refractivity contribution in [2.45, 2.75) is 31.6 Å². The van der Waals surface area contributed by atoms with Gasteiger partial charge in [-0.15, -0.1) is 0 Å². The van der Waals surface area contributed by atoms with Gasteiger partial charge in [-0.1, -0.05) is 29.5 Å². The first kappa shape index (κ1) is 19.8. The van der Waals surface area contributed by atoms with E-state index in [2.05, 4.69) is 16.6 Å². The number of hydrogen-bond donors (Lipinski definition) is 2. The van der Waals surface area contributed by atoms with Crippen LogP contribution in [-0.2, 0) is 14.8 Å². The highest BCUT2D eigenvalue weighted by Crippen LogP contribution is 2.24. The number of aryl methyl sites for hydroxylation is 2. The number of nitrogens with one attached hydrogen (secondary N) is 1. The summed E-state index contributed by atoms with van der Waals surface area (Å²) in [6.07, 6.45) is 0.0717. The van der Waals surface area contributed by atoms with Crippen LogP contribution >= 0.6 is 11.6 Å². The number of carbonyl (C=O) groups is 1. The van der Waals surface area contributed by atoms with E-state index in [-0.39, 0.29) is 23.4 Å². The molecular formula is C19H18ClNO4S. The Morgan fingerprint density at radius 2 is 1.81 bits per heavy atom. The molecule has 2 rings (SSSR count). The topological polar surface area (TPSA) is 83.5 Å². The van der Waals surface area contributed by atoms with E-state index in [0.717, 1.165) is 11.1 Å². The van der Waals surface area contributed by atoms with Gasteiger partial charge in [-0.3, -0.25) is 9.52 Å². The minimum Gasteiger partial charge on any atom is -0.481 e. The monoisotopic (exact) mass is 391 g/mol. The second kappa shape index (κ2) is 8.26. The van der Waals surface area contributed by atoms with Crippen LogP contribution < -0.4 is 4.72 Å². The highest BCUT2D eigenvalue weighted by molar-refractivity contribution is 7.92. The van der Waals surface area contributed by atoms with Gasteiger partial charge in [-0.2, -0.15) is 0 Å². The molecule has 5 nitrogen and oxygen atoms in total. The Bertz CT molecular complexity index is 984. The van der Waals surface area contributed by atoms with Crippen molar-refractivity contribution in [3.05, 3.63) is 58.1 Å². The number of benzene rings is 2. The largest absolute Gasteiger partial charge is 0.481 e. The second-order valence-electron chi connectivity index (χ2n) is 5.81. The molecule has 0 aliphatic heterocycles. The minimum atomic E-state index is -3.79. The van der Waals surface area contributed by atoms with Crippen LogP contribution in [0.1, 0.15) is 29.5 Å². The smallest absolute Gasteiger partial charge is 0.304 e. The molecule has 0 aromatic heterocycles. The fourth-order valence-electron chi connectivity index (χ4n) is 2.33. The molecule has 26 heavy (non-hydrogen) atoms. The summed E-state index contributed by atoms with van der Waals surface area (Å²) in [5, 5.41) is 9.06. The highest BCUT2D eigenvalue weighted by Gasteiger charge is 2.16. The second-order valence-corrected chi connectivity index (χ2v) is 7.93. The lowest BCUT2D eigenvalue weighted by Gasteiger charge is -2.11. The van der Waals surface area contributed by atoms with Crippen LogP contribution in [0, 0.1) is 25.7 Å². The zero-order valence-electron chi connectivity index (χ0n) is 14.3. The third-order valence-electron chi connectivity index (χ3n) is 3.42. The van der Waals surface area contributed by atoms with E-state index in [4.69, 9.17) is 16.7 Å². The van der Waals surface area contributed by atoms with Crippen molar-refractivity contribution in [1.29, 1.82) is 0 Å². The molecule has 0 radical (unpaired) electrons. The Labute approximate surface area is 158 Å². The van der Waals surface area contributed by atoms with E-state index < -0.39 is 16.0 Å². The fraction of sp³-hybridized carbons (Fsp3) is 0.211. The lowest BCUT2D eigenvalue weighted by atomic mass is 10.2. The number of sulfonamides is 1. The van der Waals surface area contributed by atoms with Gasteiger partial charge in [0.2, 0.25) is 0 Å². The molecule has 0 saturated heterocycles. The zero-order chi connectivity index (χ0) is 19.3. The van der Waals surface area contributed by atoms with Gasteiger partial charge in [-0.05, 0) is 55.3 Å². The van der Waals surface area contributed by atoms with Crippen molar-refractivity contribution in [3.63, 3.8) is 0 Å². The van der Waals surface area contributed by atoms with Gasteiger partial charge in [0.25, 0.3) is 10.0 Å². The lowest BCUT2D eigenvalue weighted by Crippen LogP contribution is -2.14. The van der Waals surface area contributed by atoms with Crippen molar-refractivity contribution >= 4 is 33.3 Å². The first-order chi connectivity index (χ1) is 12.2. The van der Waals surface area contributed by atoms with Crippen LogP contribution in [0.25, 0.3) is 0 Å². The molecule has 0 aliphatic rings. The van der Waals surface area contributed by atoms with Crippen molar-refractivity contribution in [1.82, 2.24) is 0 Å². The molecule has 2 N–H and O–H groups in total. The third-order valence-corrected chi connectivity index (χ3v) is 5.00. The molecule has 7 heteroatoms. The van der Waals surface area contributed by atoms with Crippen LogP contribution in [-0.4, -0.2) is 19.5 Å². The number of anilines is 1. The Morgan fingerprint density at radius 1 is 1.15 bits per heavy atom. The maximum absolute atomic E-state index is 12.7. The van der Waals surface area contributed by atoms with Gasteiger partial charge < -0.3 is 5.11 Å². The summed E-state index contributed by atoms with van der Waals surface area (Å²) in [5.74, 6) is 4.56. The average Bonchev–Trinajstić information content (AvgIpc) is 2.52. The Balaban J connectivity index is 2.34. The van der Waals surface area contributed by atoms with E-state index in [1.807, 2.05) is 19.9 Å². The molecule has 0 heterocycles. The predicted molar refractivity (Wildman–Crippen MR) is 102 cm³/mol. The summed E-state index contributed by atoms with van der Waals surface area (Å²) >= 11 is 5.97. The van der Waals surface area contributed by atoms with Gasteiger partial charge in [0.05, 0.1) is 22.6 Å². The van der Waals surface area contributed by atoms with Gasteiger partial charge >= 0.3 is 5.97 Å². The summed E-state index contributed by atoms with van der Waals surface area (Å²) in [6.45, 7) is 3.65. The Hall–Kier alpha value is -2.49. The van der Waals surface area contributed by atoms with Crippen molar-refractivity contribution in [2.75, 3.05) is 4.72 Å². The number of rotatable bonds is 5. The number of hydrogen-bond acceptors (Lipinski definition) is 3. The Morgan fingerprint density at radius 3 is 2.42 bits per heavy atom. The molecule has 0 fully saturated rings. The molecule has 2 aromatic rings. The van der Waals surface area contributed by atoms with E-state index in [0.29, 0.717) is 10.6 Å². The number of carboxylic acid groups (broad SMARTS) is 1. The molecule has 0 aliphatic carbocycles. The fourth-order valence-corrected chi connectivity index (χ4v) is 3.77. The maximum Gasteiger partial charge on any atom is 0.304 e. The van der Waals surface area contributed by atoms with Gasteiger partial charge in [0.1, 0.15) is 0 Å². The molecule has 2 aromatic carbocycles. The Kier molecular flexibility index (Phi) is 6.30. The standard InChI is InChI=1S/C19H18ClNO4S/c1-13-9-14(2)11-17(10-13)26(24,25)21-18-8-7-16(20)12-15(18)5-3-4-6-19(22)23/h7-12,21H,4,6H2,1-2H3,(H,22,23). The summed E-state index contributed by atoms with van der Waals surface area (Å²) in [5.41, 5.74) is 2.36. The summed E-state index contributed by atoms with van der Waals surface area (Å²) in [7, 11) is -3.79. The summed E-state index contributed by atoms with van der Waals surface area (Å²) < 4.78 is 27.9. The summed E-state index contributed by atoms with van der Waals surface area (Å²) in [6, 6.07) is 9.69. The van der Waals surface area contributed by atoms with E-state index in [9.17, 15) is 13.2 Å². The molecular weight excluding hydrogens is 374 g/mol. The summed E-state index contributed by atoms with van der Waals surface area (Å²) in [4.78, 5) is 10.7. The highest BCUT2D eigenvalue weighted by atomic mass is 35.5. The minimum absolute atomic E-state index is 0.0861. The number of halogens is 1. The third kappa shape index (κ3) is 5.51. The lowest BCUT2D eigenvalue weighted by molar-refractivity contribution is -0.136. The molecule has 0 amide bonds. The van der Waals surface area contributed by atoms with Crippen LogP contribution in [0.2, 0.25) is 5.02 Å². The van der Waals surface area contributed by atoms with Crippen molar-refractivity contribution in [3.8, 4) is 11.8 Å². The van der Waals surface area contributed by atoms with Gasteiger partial charge in [-0.25, -0.2) is 8.42 Å². The first-order valence-corrected chi connectivity index (χ1v) is 9.65. The average molecular weight is 392 g/mol. The zero-order valence-corrected chi connectivity index (χ0v) is 15.9. The van der Waals surface area contributed by atoms with E-state index in [1.54, 1.807) is 18.2 Å². The number of aliphatic carboxylic acids is 1. The molecule has 0 spiro atoms. The van der Waals surface area contributed by atoms with Crippen molar-refractivity contribution < 1.29 is 18.3 Å². The number of carboxylic acids is 1. The molecule has 0 saturated carbocycles. The van der Waals surface area contributed by atoms with Crippen LogP contribution in [0.15, 0.2) is 41.3 Å². The van der Waals surface area contributed by atoms with Crippen molar-refractivity contribution in [2.24, 2.45) is 0 Å². The molecule has 0 atom stereocenters. The SMILES string of the molecule is Cc1cc(C)cc(S(=O)(=O)Nc2ccc(Cl)cc2C#CCCC(=O)O)c1. The van der Waals surface area contributed by atoms with Gasteiger partial charge in [0, 0.05) is 11.4 Å². The maximum atomic E-state index is 12.7. The first-order valence-electron chi connectivity index (χ1n) is 7.79. The van der Waals surface area contributed by atoms with E-state index in [1.165, 1.54) is 12.1 Å². The van der Waals surface area contributed by atoms with E-state index >= 15 is 0 Å². The predicted octanol–water partition coefficient (Wildman–Crippen LogP) is 3.97. The molecule has 136 valence electrons. The van der Waals surface area contributed by atoms with Gasteiger partial charge in [0.15, 0.2) is 0 Å². The molecule has 0 bridgehead atoms. The van der Waals surface area contributed by atoms with Crippen LogP contribution in [0.5, 0.6) is 0 Å². The van der Waals surface area contributed by atoms with Crippen LogP contribution in [0.4, 0.5) is 5.69 Å². The van der Waals surface area contributed by atoms with Crippen LogP contribution in [0.3, 0.4) is 0 Å². The quantitative estimate of drug-likeness (QED) is 0.755. The molecule has 0 unspecified atom stereocenters. The normalized spacial score (nSPS) is 10.7.